The molecule has 0 unspecified atom stereocenters. The van der Waals surface area contributed by atoms with Crippen molar-refractivity contribution < 1.29 is 40.2 Å². The van der Waals surface area contributed by atoms with Gasteiger partial charge in [0.2, 0.25) is 0 Å². The predicted molar refractivity (Wildman–Crippen MR) is 150 cm³/mol. The average molecular weight is 629 g/mol. The van der Waals surface area contributed by atoms with Crippen LogP contribution >= 0.6 is 11.6 Å². The lowest BCUT2D eigenvalue weighted by molar-refractivity contribution is -0.189. The Bertz CT molecular complexity index is 1420. The van der Waals surface area contributed by atoms with Gasteiger partial charge in [-0.1, -0.05) is 57.0 Å². The van der Waals surface area contributed by atoms with E-state index in [4.69, 9.17) is 16.3 Å². The molecule has 0 spiro atoms. The Morgan fingerprint density at radius 1 is 0.814 bits per heavy atom. The minimum absolute atomic E-state index is 0.222. The monoisotopic (exact) mass is 628 g/mol. The summed E-state index contributed by atoms with van der Waals surface area (Å²) in [6.07, 6.45) is 5.58. The quantitative estimate of drug-likeness (QED) is 0.133. The van der Waals surface area contributed by atoms with Crippen LogP contribution in [0.25, 0.3) is 11.1 Å². The predicted octanol–water partition coefficient (Wildman–Crippen LogP) is 10.8. The van der Waals surface area contributed by atoms with Crippen molar-refractivity contribution in [3.63, 3.8) is 0 Å². The van der Waals surface area contributed by atoms with Crippen molar-refractivity contribution in [2.45, 2.75) is 70.8 Å². The molecule has 0 aromatic heterocycles. The molecule has 1 atom stereocenters. The lowest BCUT2D eigenvalue weighted by Gasteiger charge is -2.36. The molecule has 3 aromatic rings. The fourth-order valence-corrected chi connectivity index (χ4v) is 6.49. The van der Waals surface area contributed by atoms with Gasteiger partial charge >= 0.3 is 6.11 Å². The molecule has 2 nitrogen and oxygen atoms in total. The van der Waals surface area contributed by atoms with E-state index in [9.17, 15) is 26.3 Å². The molecule has 232 valence electrons. The van der Waals surface area contributed by atoms with E-state index in [0.717, 1.165) is 18.8 Å². The number of halogens is 8. The van der Waals surface area contributed by atoms with Crippen LogP contribution in [0.15, 0.2) is 36.4 Å². The number of unbranched alkanes of at least 4 members (excludes halogenated alkanes) is 2. The molecule has 3 aromatic carbocycles. The maximum absolute atomic E-state index is 15.3. The molecule has 1 aliphatic heterocycles. The van der Waals surface area contributed by atoms with Crippen molar-refractivity contribution in [2.24, 2.45) is 17.8 Å². The van der Waals surface area contributed by atoms with Crippen LogP contribution in [0.2, 0.25) is 5.02 Å². The van der Waals surface area contributed by atoms with Crippen molar-refractivity contribution in [3.05, 3.63) is 81.6 Å². The van der Waals surface area contributed by atoms with E-state index in [-0.39, 0.29) is 17.0 Å². The first-order valence-corrected chi connectivity index (χ1v) is 15.0. The van der Waals surface area contributed by atoms with Gasteiger partial charge in [-0.05, 0) is 72.4 Å². The molecule has 0 saturated heterocycles. The van der Waals surface area contributed by atoms with Crippen LogP contribution in [0.3, 0.4) is 0 Å². The van der Waals surface area contributed by atoms with Crippen molar-refractivity contribution in [3.8, 4) is 22.6 Å². The third-order valence-corrected chi connectivity index (χ3v) is 9.07. The van der Waals surface area contributed by atoms with Gasteiger partial charge in [0.25, 0.3) is 0 Å². The number of hydrogen-bond donors (Lipinski definition) is 0. The van der Waals surface area contributed by atoms with Crippen LogP contribution in [-0.4, -0.2) is 6.61 Å². The second kappa shape index (κ2) is 13.0. The highest BCUT2D eigenvalue weighted by Crippen LogP contribution is 2.43. The maximum atomic E-state index is 15.3. The minimum atomic E-state index is -4.67. The molecule has 5 rings (SSSR count). The largest absolute Gasteiger partial charge is 0.493 e. The molecule has 1 aliphatic carbocycles. The van der Waals surface area contributed by atoms with Crippen molar-refractivity contribution in [2.75, 3.05) is 6.61 Å². The van der Waals surface area contributed by atoms with Crippen LogP contribution in [0.4, 0.5) is 30.7 Å². The van der Waals surface area contributed by atoms with Gasteiger partial charge in [-0.3, -0.25) is 0 Å². The van der Waals surface area contributed by atoms with Gasteiger partial charge < -0.3 is 9.47 Å². The van der Waals surface area contributed by atoms with Gasteiger partial charge in [0.15, 0.2) is 0 Å². The summed E-state index contributed by atoms with van der Waals surface area (Å²) in [6, 6.07) is 4.42. The molecule has 1 fully saturated rings. The van der Waals surface area contributed by atoms with Gasteiger partial charge in [0, 0.05) is 17.7 Å². The fraction of sp³-hybridized carbons (Fsp3) is 0.455. The van der Waals surface area contributed by atoms with Gasteiger partial charge in [0.05, 0.1) is 6.61 Å². The van der Waals surface area contributed by atoms with Crippen LogP contribution in [0.1, 0.15) is 69.4 Å². The van der Waals surface area contributed by atoms with E-state index in [0.29, 0.717) is 54.5 Å². The third-order valence-electron chi connectivity index (χ3n) is 8.71. The number of benzene rings is 3. The lowest BCUT2D eigenvalue weighted by atomic mass is 9.72. The summed E-state index contributed by atoms with van der Waals surface area (Å²) in [5.41, 5.74) is -1.70. The standard InChI is InChI=1S/C33H32ClF7O2/c1-2-3-4-5-18-6-8-19(9-7-18)22-10-21-13-25(35)24(16-30(21)42-17-22)20-11-26(36)31(27(37)12-20)33(40,41)43-23-14-28(38)32(34)29(39)15-23/h11-16,18-19,22H,2-10,17H2,1H3/t18?,19?,22-/m0/s1. The van der Waals surface area contributed by atoms with Crippen LogP contribution < -0.4 is 9.47 Å². The second-order valence-electron chi connectivity index (χ2n) is 11.6. The highest BCUT2D eigenvalue weighted by molar-refractivity contribution is 6.30. The van der Waals surface area contributed by atoms with Crippen LogP contribution in [-0.2, 0) is 12.5 Å². The van der Waals surface area contributed by atoms with Crippen LogP contribution in [0, 0.1) is 46.8 Å². The summed E-state index contributed by atoms with van der Waals surface area (Å²) in [4.78, 5) is 0. The summed E-state index contributed by atoms with van der Waals surface area (Å²) in [5, 5.41) is -0.954. The molecule has 10 heteroatoms. The Morgan fingerprint density at radius 2 is 1.47 bits per heavy atom. The van der Waals surface area contributed by atoms with Gasteiger partial charge in [-0.25, -0.2) is 22.0 Å². The van der Waals surface area contributed by atoms with E-state index >= 15 is 4.39 Å². The third kappa shape index (κ3) is 6.92. The first kappa shape index (κ1) is 31.5. The SMILES string of the molecule is CCCCCC1CCC([C@@H]2COc3cc(-c4cc(F)c(C(F)(F)Oc5cc(F)c(Cl)c(F)c5)c(F)c4)c(F)cc3C2)CC1. The molecule has 1 heterocycles. The zero-order valence-electron chi connectivity index (χ0n) is 23.6. The van der Waals surface area contributed by atoms with Crippen LogP contribution in [0.5, 0.6) is 11.5 Å². The highest BCUT2D eigenvalue weighted by Gasteiger charge is 2.42. The van der Waals surface area contributed by atoms with Crippen molar-refractivity contribution in [1.82, 2.24) is 0 Å². The maximum Gasteiger partial charge on any atom is 0.432 e. The van der Waals surface area contributed by atoms with Gasteiger partial charge in [-0.2, -0.15) is 8.78 Å². The molecule has 43 heavy (non-hydrogen) atoms. The number of hydrogen-bond acceptors (Lipinski definition) is 2. The van der Waals surface area contributed by atoms with Crippen molar-refractivity contribution >= 4 is 11.6 Å². The van der Waals surface area contributed by atoms with E-state index in [1.54, 1.807) is 0 Å². The number of ether oxygens (including phenoxy) is 2. The Balaban J connectivity index is 1.31. The summed E-state index contributed by atoms with van der Waals surface area (Å²) in [7, 11) is 0. The normalized spacial score (nSPS) is 20.4. The molecule has 0 bridgehead atoms. The average Bonchev–Trinajstić information content (AvgIpc) is 2.95. The zero-order chi connectivity index (χ0) is 30.9. The van der Waals surface area contributed by atoms with E-state index < -0.39 is 51.5 Å². The summed E-state index contributed by atoms with van der Waals surface area (Å²) < 4.78 is 112. The summed E-state index contributed by atoms with van der Waals surface area (Å²) in [5.74, 6) is -6.21. The minimum Gasteiger partial charge on any atom is -0.493 e. The lowest BCUT2D eigenvalue weighted by Crippen LogP contribution is -2.31. The molecule has 2 aliphatic rings. The molecule has 0 amide bonds. The van der Waals surface area contributed by atoms with Gasteiger partial charge in [-0.15, -0.1) is 0 Å². The fourth-order valence-electron chi connectivity index (χ4n) is 6.38. The van der Waals surface area contributed by atoms with Crippen molar-refractivity contribution in [1.29, 1.82) is 0 Å². The van der Waals surface area contributed by atoms with E-state index in [1.165, 1.54) is 50.7 Å². The first-order valence-electron chi connectivity index (χ1n) is 14.6. The van der Waals surface area contributed by atoms with E-state index in [2.05, 4.69) is 11.7 Å². The Morgan fingerprint density at radius 3 is 2.09 bits per heavy atom. The molecule has 0 N–H and O–H groups in total. The molecular formula is C33H32ClF7O2. The number of alkyl halides is 2. The topological polar surface area (TPSA) is 18.5 Å². The first-order chi connectivity index (χ1) is 20.5. The molecular weight excluding hydrogens is 597 g/mol. The Labute approximate surface area is 251 Å². The Kier molecular flexibility index (Phi) is 9.49. The van der Waals surface area contributed by atoms with E-state index in [1.807, 2.05) is 0 Å². The highest BCUT2D eigenvalue weighted by atomic mass is 35.5. The molecule has 1 saturated carbocycles. The Hall–Kier alpha value is -2.94. The number of rotatable bonds is 9. The molecule has 0 radical (unpaired) electrons. The zero-order valence-corrected chi connectivity index (χ0v) is 24.4. The summed E-state index contributed by atoms with van der Waals surface area (Å²) in [6.45, 7) is 2.65. The smallest absolute Gasteiger partial charge is 0.432 e. The second-order valence-corrected chi connectivity index (χ2v) is 12.0. The van der Waals surface area contributed by atoms with Gasteiger partial charge in [0.1, 0.15) is 51.2 Å². The number of fused-ring (bicyclic) bond motifs is 1. The summed E-state index contributed by atoms with van der Waals surface area (Å²) >= 11 is 5.33.